The summed E-state index contributed by atoms with van der Waals surface area (Å²) >= 11 is 12.0. The summed E-state index contributed by atoms with van der Waals surface area (Å²) in [6.45, 7) is 4.38. The first-order chi connectivity index (χ1) is 11.9. The molecule has 0 atom stereocenters. The lowest BCUT2D eigenvalue weighted by molar-refractivity contribution is -0.132. The molecule has 0 aliphatic heterocycles. The van der Waals surface area contributed by atoms with Gasteiger partial charge in [-0.1, -0.05) is 29.3 Å². The quantitative estimate of drug-likeness (QED) is 0.683. The highest BCUT2D eigenvalue weighted by molar-refractivity contribution is 6.42. The van der Waals surface area contributed by atoms with E-state index >= 15 is 0 Å². The van der Waals surface area contributed by atoms with Gasteiger partial charge in [-0.25, -0.2) is 9.50 Å². The number of benzene rings is 1. The zero-order chi connectivity index (χ0) is 18.0. The molecule has 0 spiro atoms. The van der Waals surface area contributed by atoms with Crippen molar-refractivity contribution in [3.8, 4) is 0 Å². The number of carbonyl (C=O) groups excluding carboxylic acids is 1. The zero-order valence-corrected chi connectivity index (χ0v) is 15.4. The third-order valence-corrected chi connectivity index (χ3v) is 4.49. The highest BCUT2D eigenvalue weighted by Gasteiger charge is 2.20. The average Bonchev–Trinajstić information content (AvgIpc) is 2.97. The van der Waals surface area contributed by atoms with Crippen LogP contribution in [-0.2, 0) is 17.8 Å². The third kappa shape index (κ3) is 4.08. The zero-order valence-electron chi connectivity index (χ0n) is 13.9. The molecule has 3 aromatic rings. The predicted molar refractivity (Wildman–Crippen MR) is 96.6 cm³/mol. The largest absolute Gasteiger partial charge is 0.336 e. The molecule has 0 saturated carbocycles. The topological polar surface area (TPSA) is 63.4 Å². The number of fused-ring (bicyclic) bond motifs is 1. The van der Waals surface area contributed by atoms with Gasteiger partial charge in [0.25, 0.3) is 5.78 Å². The fourth-order valence-corrected chi connectivity index (χ4v) is 2.80. The summed E-state index contributed by atoms with van der Waals surface area (Å²) in [6.07, 6.45) is 3.50. The Balaban J connectivity index is 1.77. The minimum atomic E-state index is -0.0584. The molecule has 3 rings (SSSR count). The van der Waals surface area contributed by atoms with E-state index in [1.54, 1.807) is 40.0 Å². The summed E-state index contributed by atoms with van der Waals surface area (Å²) in [5.41, 5.74) is 0.918. The Labute approximate surface area is 155 Å². The van der Waals surface area contributed by atoms with Gasteiger partial charge in [-0.05, 0) is 37.6 Å². The van der Waals surface area contributed by atoms with Crippen LogP contribution in [0, 0.1) is 0 Å². The molecule has 0 aliphatic rings. The second-order valence-electron chi connectivity index (χ2n) is 5.93. The van der Waals surface area contributed by atoms with Crippen molar-refractivity contribution in [1.29, 1.82) is 0 Å². The molecule has 0 unspecified atom stereocenters. The Morgan fingerprint density at radius 1 is 1.28 bits per heavy atom. The Kier molecular flexibility index (Phi) is 5.20. The number of amides is 1. The van der Waals surface area contributed by atoms with E-state index < -0.39 is 0 Å². The number of rotatable bonds is 5. The Bertz CT molecular complexity index is 876. The molecule has 0 radical (unpaired) electrons. The van der Waals surface area contributed by atoms with Gasteiger partial charge < -0.3 is 4.90 Å². The molecule has 0 bridgehead atoms. The van der Waals surface area contributed by atoms with Crippen LogP contribution in [0.1, 0.15) is 25.2 Å². The molecule has 2 aromatic heterocycles. The standard InChI is InChI=1S/C17H17Cl2N5O/c1-11(2)23(10-12-4-5-13(18)14(19)8-12)16(25)9-15-21-17-20-6-3-7-24(17)22-15/h3-8,11H,9-10H2,1-2H3. The normalized spacial score (nSPS) is 11.2. The van der Waals surface area contributed by atoms with Crippen molar-refractivity contribution in [2.75, 3.05) is 0 Å². The van der Waals surface area contributed by atoms with Gasteiger partial charge in [0, 0.05) is 25.0 Å². The van der Waals surface area contributed by atoms with Crippen LogP contribution in [0.3, 0.4) is 0 Å². The molecule has 8 heteroatoms. The lowest BCUT2D eigenvalue weighted by atomic mass is 10.1. The van der Waals surface area contributed by atoms with Gasteiger partial charge in [0.05, 0.1) is 16.5 Å². The molecule has 25 heavy (non-hydrogen) atoms. The summed E-state index contributed by atoms with van der Waals surface area (Å²) in [6, 6.07) is 7.16. The molecule has 6 nitrogen and oxygen atoms in total. The van der Waals surface area contributed by atoms with Crippen LogP contribution in [0.4, 0.5) is 0 Å². The van der Waals surface area contributed by atoms with E-state index in [4.69, 9.17) is 23.2 Å². The molecule has 2 heterocycles. The number of halogens is 2. The van der Waals surface area contributed by atoms with Gasteiger partial charge in [-0.15, -0.1) is 5.10 Å². The van der Waals surface area contributed by atoms with E-state index in [9.17, 15) is 4.79 Å². The summed E-state index contributed by atoms with van der Waals surface area (Å²) in [5, 5.41) is 5.25. The Morgan fingerprint density at radius 2 is 2.08 bits per heavy atom. The SMILES string of the molecule is CC(C)N(Cc1ccc(Cl)c(Cl)c1)C(=O)Cc1nc2ncccn2n1. The fraction of sp³-hybridized carbons (Fsp3) is 0.294. The van der Waals surface area contributed by atoms with Crippen LogP contribution in [0.15, 0.2) is 36.7 Å². The van der Waals surface area contributed by atoms with Crippen LogP contribution < -0.4 is 0 Å². The Hall–Kier alpha value is -2.18. The first kappa shape index (κ1) is 17.6. The van der Waals surface area contributed by atoms with Crippen LogP contribution in [0.5, 0.6) is 0 Å². The maximum absolute atomic E-state index is 12.7. The minimum absolute atomic E-state index is 0.0251. The smallest absolute Gasteiger partial charge is 0.252 e. The van der Waals surface area contributed by atoms with E-state index in [1.807, 2.05) is 19.9 Å². The molecular formula is C17H17Cl2N5O. The van der Waals surface area contributed by atoms with Gasteiger partial charge in [-0.3, -0.25) is 4.79 Å². The van der Waals surface area contributed by atoms with Gasteiger partial charge in [-0.2, -0.15) is 4.98 Å². The lowest BCUT2D eigenvalue weighted by Gasteiger charge is -2.26. The first-order valence-electron chi connectivity index (χ1n) is 7.83. The average molecular weight is 378 g/mol. The molecule has 0 N–H and O–H groups in total. The maximum atomic E-state index is 12.7. The van der Waals surface area contributed by atoms with Crippen molar-refractivity contribution in [1.82, 2.24) is 24.5 Å². The number of hydrogen-bond acceptors (Lipinski definition) is 4. The maximum Gasteiger partial charge on any atom is 0.252 e. The molecule has 1 amide bonds. The first-order valence-corrected chi connectivity index (χ1v) is 8.59. The predicted octanol–water partition coefficient (Wildman–Crippen LogP) is 3.41. The Morgan fingerprint density at radius 3 is 2.76 bits per heavy atom. The summed E-state index contributed by atoms with van der Waals surface area (Å²) in [4.78, 5) is 22.9. The fourth-order valence-electron chi connectivity index (χ4n) is 2.48. The van der Waals surface area contributed by atoms with Gasteiger partial charge >= 0.3 is 0 Å². The van der Waals surface area contributed by atoms with Gasteiger partial charge in [0.15, 0.2) is 5.82 Å². The van der Waals surface area contributed by atoms with Crippen molar-refractivity contribution in [3.05, 3.63) is 58.1 Å². The minimum Gasteiger partial charge on any atom is -0.336 e. The summed E-state index contributed by atoms with van der Waals surface area (Å²) < 4.78 is 1.56. The molecule has 0 fully saturated rings. The molecule has 0 saturated heterocycles. The highest BCUT2D eigenvalue weighted by Crippen LogP contribution is 2.23. The molecular weight excluding hydrogens is 361 g/mol. The number of aromatic nitrogens is 4. The molecule has 130 valence electrons. The van der Waals surface area contributed by atoms with Crippen LogP contribution in [0.2, 0.25) is 10.0 Å². The lowest BCUT2D eigenvalue weighted by Crippen LogP contribution is -2.37. The van der Waals surface area contributed by atoms with Crippen molar-refractivity contribution >= 4 is 34.9 Å². The molecule has 1 aromatic carbocycles. The number of hydrogen-bond donors (Lipinski definition) is 0. The third-order valence-electron chi connectivity index (χ3n) is 3.75. The van der Waals surface area contributed by atoms with E-state index in [0.717, 1.165) is 5.56 Å². The molecule has 0 aliphatic carbocycles. The monoisotopic (exact) mass is 377 g/mol. The van der Waals surface area contributed by atoms with Crippen molar-refractivity contribution < 1.29 is 4.79 Å². The summed E-state index contributed by atoms with van der Waals surface area (Å²) in [5.74, 6) is 0.867. The number of carbonyl (C=O) groups is 1. The van der Waals surface area contributed by atoms with Crippen LogP contribution in [-0.4, -0.2) is 36.4 Å². The van der Waals surface area contributed by atoms with Gasteiger partial charge in [0.1, 0.15) is 0 Å². The highest BCUT2D eigenvalue weighted by atomic mass is 35.5. The second-order valence-corrected chi connectivity index (χ2v) is 6.75. The van der Waals surface area contributed by atoms with E-state index in [-0.39, 0.29) is 18.4 Å². The second kappa shape index (κ2) is 7.37. The van der Waals surface area contributed by atoms with E-state index in [1.165, 1.54) is 0 Å². The van der Waals surface area contributed by atoms with Crippen molar-refractivity contribution in [3.63, 3.8) is 0 Å². The van der Waals surface area contributed by atoms with Gasteiger partial charge in [0.2, 0.25) is 5.91 Å². The van der Waals surface area contributed by atoms with Crippen molar-refractivity contribution in [2.24, 2.45) is 0 Å². The van der Waals surface area contributed by atoms with E-state index in [0.29, 0.717) is 28.2 Å². The van der Waals surface area contributed by atoms with Crippen LogP contribution in [0.25, 0.3) is 5.78 Å². The van der Waals surface area contributed by atoms with Crippen LogP contribution >= 0.6 is 23.2 Å². The van der Waals surface area contributed by atoms with E-state index in [2.05, 4.69) is 15.1 Å². The number of nitrogens with zero attached hydrogens (tertiary/aromatic N) is 5. The summed E-state index contributed by atoms with van der Waals surface area (Å²) in [7, 11) is 0. The van der Waals surface area contributed by atoms with Crippen molar-refractivity contribution in [2.45, 2.75) is 32.9 Å².